The smallest absolute Gasteiger partial charge is 0.0925 e. The van der Waals surface area contributed by atoms with E-state index in [4.69, 9.17) is 0 Å². The molecule has 0 fully saturated rings. The largest absolute Gasteiger partial charge is 0.390 e. The van der Waals surface area contributed by atoms with Crippen molar-refractivity contribution in [2.45, 2.75) is 32.6 Å². The molecule has 2 atom stereocenters. The van der Waals surface area contributed by atoms with E-state index >= 15 is 0 Å². The van der Waals surface area contributed by atoms with Crippen molar-refractivity contribution >= 4 is 0 Å². The van der Waals surface area contributed by atoms with Crippen LogP contribution < -0.4 is 5.32 Å². The number of benzene rings is 1. The van der Waals surface area contributed by atoms with Gasteiger partial charge in [0.1, 0.15) is 0 Å². The Morgan fingerprint density at radius 1 is 1.12 bits per heavy atom. The average Bonchev–Trinajstić information content (AvgIpc) is 2.29. The summed E-state index contributed by atoms with van der Waals surface area (Å²) in [6.45, 7) is 4.91. The van der Waals surface area contributed by atoms with Crippen molar-refractivity contribution in [1.82, 2.24) is 5.32 Å². The molecule has 0 amide bonds. The predicted octanol–water partition coefficient (Wildman–Crippen LogP) is 1.15. The molecule has 16 heavy (non-hydrogen) atoms. The molecule has 0 aliphatic rings. The van der Waals surface area contributed by atoms with Gasteiger partial charge >= 0.3 is 0 Å². The summed E-state index contributed by atoms with van der Waals surface area (Å²) in [5, 5.41) is 22.4. The van der Waals surface area contributed by atoms with Crippen molar-refractivity contribution in [3.05, 3.63) is 35.9 Å². The molecule has 0 saturated heterocycles. The first-order valence-corrected chi connectivity index (χ1v) is 5.72. The van der Waals surface area contributed by atoms with Gasteiger partial charge in [0.05, 0.1) is 12.2 Å². The standard InChI is InChI=1S/C13H21NO2/c1-10(2)13(16)12(15)9-14-8-11-6-4-3-5-7-11/h3-7,10,12-16H,8-9H2,1-2H3. The molecule has 1 aromatic carbocycles. The van der Waals surface area contributed by atoms with Gasteiger partial charge in [0.15, 0.2) is 0 Å². The minimum absolute atomic E-state index is 0.0773. The summed E-state index contributed by atoms with van der Waals surface area (Å²) < 4.78 is 0. The van der Waals surface area contributed by atoms with Crippen LogP contribution in [-0.4, -0.2) is 29.0 Å². The fourth-order valence-electron chi connectivity index (χ4n) is 1.53. The zero-order chi connectivity index (χ0) is 12.0. The molecule has 0 saturated carbocycles. The second-order valence-corrected chi connectivity index (χ2v) is 4.42. The van der Waals surface area contributed by atoms with Crippen molar-refractivity contribution < 1.29 is 10.2 Å². The summed E-state index contributed by atoms with van der Waals surface area (Å²) in [7, 11) is 0. The first kappa shape index (κ1) is 13.2. The maximum absolute atomic E-state index is 9.65. The van der Waals surface area contributed by atoms with E-state index in [1.165, 1.54) is 5.56 Å². The molecule has 3 N–H and O–H groups in total. The van der Waals surface area contributed by atoms with Crippen LogP contribution in [0.1, 0.15) is 19.4 Å². The molecule has 0 spiro atoms. The average molecular weight is 223 g/mol. The second kappa shape index (κ2) is 6.63. The number of nitrogens with one attached hydrogen (secondary N) is 1. The van der Waals surface area contributed by atoms with Crippen LogP contribution in [0.4, 0.5) is 0 Å². The van der Waals surface area contributed by atoms with E-state index in [9.17, 15) is 10.2 Å². The Hall–Kier alpha value is -0.900. The van der Waals surface area contributed by atoms with Crippen molar-refractivity contribution in [2.75, 3.05) is 6.54 Å². The SMILES string of the molecule is CC(C)C(O)C(O)CNCc1ccccc1. The summed E-state index contributed by atoms with van der Waals surface area (Å²) in [6, 6.07) is 9.99. The van der Waals surface area contributed by atoms with Crippen LogP contribution in [-0.2, 0) is 6.54 Å². The van der Waals surface area contributed by atoms with Gasteiger partial charge < -0.3 is 15.5 Å². The molecule has 0 heterocycles. The van der Waals surface area contributed by atoms with E-state index in [-0.39, 0.29) is 5.92 Å². The molecule has 0 aliphatic heterocycles. The van der Waals surface area contributed by atoms with Gasteiger partial charge in [-0.05, 0) is 11.5 Å². The lowest BCUT2D eigenvalue weighted by Gasteiger charge is -2.21. The van der Waals surface area contributed by atoms with Gasteiger partial charge in [0.25, 0.3) is 0 Å². The van der Waals surface area contributed by atoms with E-state index in [2.05, 4.69) is 5.32 Å². The van der Waals surface area contributed by atoms with Crippen molar-refractivity contribution in [3.63, 3.8) is 0 Å². The molecule has 0 radical (unpaired) electrons. The van der Waals surface area contributed by atoms with Gasteiger partial charge in [-0.3, -0.25) is 0 Å². The first-order valence-electron chi connectivity index (χ1n) is 5.72. The molecular weight excluding hydrogens is 202 g/mol. The lowest BCUT2D eigenvalue weighted by Crippen LogP contribution is -2.38. The molecule has 1 aromatic rings. The maximum atomic E-state index is 9.65. The van der Waals surface area contributed by atoms with Crippen LogP contribution >= 0.6 is 0 Å². The zero-order valence-corrected chi connectivity index (χ0v) is 9.93. The van der Waals surface area contributed by atoms with Crippen LogP contribution in [0.25, 0.3) is 0 Å². The van der Waals surface area contributed by atoms with Crippen LogP contribution in [0.15, 0.2) is 30.3 Å². The highest BCUT2D eigenvalue weighted by Crippen LogP contribution is 2.05. The number of aliphatic hydroxyl groups excluding tert-OH is 2. The lowest BCUT2D eigenvalue weighted by molar-refractivity contribution is -0.00705. The summed E-state index contributed by atoms with van der Waals surface area (Å²) in [4.78, 5) is 0. The minimum atomic E-state index is -0.705. The Morgan fingerprint density at radius 2 is 1.75 bits per heavy atom. The van der Waals surface area contributed by atoms with Crippen LogP contribution in [0.5, 0.6) is 0 Å². The van der Waals surface area contributed by atoms with E-state index in [1.807, 2.05) is 44.2 Å². The van der Waals surface area contributed by atoms with Crippen LogP contribution in [0.3, 0.4) is 0 Å². The van der Waals surface area contributed by atoms with Gasteiger partial charge in [-0.2, -0.15) is 0 Å². The second-order valence-electron chi connectivity index (χ2n) is 4.42. The van der Waals surface area contributed by atoms with E-state index in [0.717, 1.165) is 0 Å². The Kier molecular flexibility index (Phi) is 5.46. The zero-order valence-electron chi connectivity index (χ0n) is 9.93. The lowest BCUT2D eigenvalue weighted by atomic mass is 10.0. The van der Waals surface area contributed by atoms with E-state index < -0.39 is 12.2 Å². The quantitative estimate of drug-likeness (QED) is 0.678. The number of rotatable bonds is 6. The van der Waals surface area contributed by atoms with Gasteiger partial charge in [-0.15, -0.1) is 0 Å². The summed E-state index contributed by atoms with van der Waals surface area (Å²) in [6.07, 6.45) is -1.37. The van der Waals surface area contributed by atoms with Gasteiger partial charge in [0, 0.05) is 13.1 Å². The summed E-state index contributed by atoms with van der Waals surface area (Å²) >= 11 is 0. The fraction of sp³-hybridized carbons (Fsp3) is 0.538. The highest BCUT2D eigenvalue weighted by atomic mass is 16.3. The number of hydrogen-bond acceptors (Lipinski definition) is 3. The minimum Gasteiger partial charge on any atom is -0.390 e. The third kappa shape index (κ3) is 4.31. The fourth-order valence-corrected chi connectivity index (χ4v) is 1.53. The molecule has 3 nitrogen and oxygen atoms in total. The van der Waals surface area contributed by atoms with Gasteiger partial charge in [-0.25, -0.2) is 0 Å². The molecule has 0 aliphatic carbocycles. The monoisotopic (exact) mass is 223 g/mol. The normalized spacial score (nSPS) is 15.1. The third-order valence-corrected chi connectivity index (χ3v) is 2.60. The molecule has 3 heteroatoms. The van der Waals surface area contributed by atoms with Crippen molar-refractivity contribution in [2.24, 2.45) is 5.92 Å². The van der Waals surface area contributed by atoms with Gasteiger partial charge in [0.2, 0.25) is 0 Å². The van der Waals surface area contributed by atoms with Crippen molar-refractivity contribution in [1.29, 1.82) is 0 Å². The molecule has 0 aromatic heterocycles. The van der Waals surface area contributed by atoms with Crippen LogP contribution in [0.2, 0.25) is 0 Å². The molecular formula is C13H21NO2. The highest BCUT2D eigenvalue weighted by Gasteiger charge is 2.18. The Morgan fingerprint density at radius 3 is 2.31 bits per heavy atom. The topological polar surface area (TPSA) is 52.5 Å². The maximum Gasteiger partial charge on any atom is 0.0925 e. The summed E-state index contributed by atoms with van der Waals surface area (Å²) in [5.41, 5.74) is 1.17. The number of aliphatic hydroxyl groups is 2. The van der Waals surface area contributed by atoms with Crippen LogP contribution in [0, 0.1) is 5.92 Å². The molecule has 1 rings (SSSR count). The van der Waals surface area contributed by atoms with E-state index in [0.29, 0.717) is 13.1 Å². The van der Waals surface area contributed by atoms with E-state index in [1.54, 1.807) is 0 Å². The Balaban J connectivity index is 2.25. The molecule has 2 unspecified atom stereocenters. The number of hydrogen-bond donors (Lipinski definition) is 3. The van der Waals surface area contributed by atoms with Crippen molar-refractivity contribution in [3.8, 4) is 0 Å². The molecule has 0 bridgehead atoms. The van der Waals surface area contributed by atoms with Gasteiger partial charge in [-0.1, -0.05) is 44.2 Å². The summed E-state index contributed by atoms with van der Waals surface area (Å²) in [5.74, 6) is 0.0773. The Labute approximate surface area is 97.1 Å². The first-order chi connectivity index (χ1) is 7.61. The highest BCUT2D eigenvalue weighted by molar-refractivity contribution is 5.14. The molecule has 90 valence electrons. The predicted molar refractivity (Wildman–Crippen MR) is 65.0 cm³/mol. The Bertz CT molecular complexity index is 287. The third-order valence-electron chi connectivity index (χ3n) is 2.60.